The molecule has 0 atom stereocenters. The van der Waals surface area contributed by atoms with Gasteiger partial charge in [-0.3, -0.25) is 9.48 Å². The van der Waals surface area contributed by atoms with E-state index >= 15 is 0 Å². The molecule has 0 saturated heterocycles. The van der Waals surface area contributed by atoms with E-state index in [2.05, 4.69) is 15.6 Å². The van der Waals surface area contributed by atoms with Gasteiger partial charge < -0.3 is 9.47 Å². The molecule has 3 aromatic rings. The molecule has 0 aliphatic carbocycles. The van der Waals surface area contributed by atoms with E-state index in [-0.39, 0.29) is 5.91 Å². The number of hydrazone groups is 1. The van der Waals surface area contributed by atoms with E-state index in [1.807, 2.05) is 48.9 Å². The van der Waals surface area contributed by atoms with Crippen molar-refractivity contribution in [1.29, 1.82) is 0 Å². The van der Waals surface area contributed by atoms with Crippen LogP contribution in [0.3, 0.4) is 0 Å². The van der Waals surface area contributed by atoms with Crippen molar-refractivity contribution in [2.75, 3.05) is 14.2 Å². The van der Waals surface area contributed by atoms with Gasteiger partial charge in [-0.1, -0.05) is 12.1 Å². The second-order valence-electron chi connectivity index (χ2n) is 6.60. The molecule has 0 saturated carbocycles. The largest absolute Gasteiger partial charge is 0.493 e. The maximum atomic E-state index is 12.4. The molecule has 3 rings (SSSR count). The number of aryl methyl sites for hydroxylation is 2. The predicted octanol–water partition coefficient (Wildman–Crippen LogP) is 3.33. The van der Waals surface area contributed by atoms with Crippen LogP contribution < -0.4 is 14.9 Å². The van der Waals surface area contributed by atoms with Gasteiger partial charge in [0.2, 0.25) is 0 Å². The van der Waals surface area contributed by atoms with Gasteiger partial charge in [0, 0.05) is 11.3 Å². The summed E-state index contributed by atoms with van der Waals surface area (Å²) in [5, 5.41) is 8.50. The lowest BCUT2D eigenvalue weighted by molar-refractivity contribution is 0.0955. The van der Waals surface area contributed by atoms with Crippen LogP contribution in [-0.2, 0) is 6.54 Å². The smallest absolute Gasteiger partial charge is 0.271 e. The number of benzene rings is 2. The summed E-state index contributed by atoms with van der Waals surface area (Å²) in [6.07, 6.45) is 1.56. The normalized spacial score (nSPS) is 10.9. The third-order valence-electron chi connectivity index (χ3n) is 4.41. The van der Waals surface area contributed by atoms with Crippen molar-refractivity contribution in [2.24, 2.45) is 5.10 Å². The highest BCUT2D eigenvalue weighted by atomic mass is 16.5. The molecule has 150 valence electrons. The lowest BCUT2D eigenvalue weighted by Gasteiger charge is -2.08. The monoisotopic (exact) mass is 392 g/mol. The zero-order valence-corrected chi connectivity index (χ0v) is 17.0. The molecular weight excluding hydrogens is 368 g/mol. The van der Waals surface area contributed by atoms with E-state index in [4.69, 9.17) is 9.47 Å². The zero-order chi connectivity index (χ0) is 20.8. The van der Waals surface area contributed by atoms with Crippen LogP contribution in [0.5, 0.6) is 11.5 Å². The molecule has 0 unspecified atom stereocenters. The summed E-state index contributed by atoms with van der Waals surface area (Å²) in [6.45, 7) is 4.58. The molecular formula is C22H24N4O3. The number of carbonyl (C=O) groups is 1. The summed E-state index contributed by atoms with van der Waals surface area (Å²) in [5.41, 5.74) is 6.92. The van der Waals surface area contributed by atoms with Gasteiger partial charge >= 0.3 is 0 Å². The van der Waals surface area contributed by atoms with Crippen LogP contribution in [0.15, 0.2) is 53.6 Å². The molecule has 1 N–H and O–H groups in total. The Morgan fingerprint density at radius 2 is 1.90 bits per heavy atom. The fourth-order valence-corrected chi connectivity index (χ4v) is 2.98. The van der Waals surface area contributed by atoms with E-state index in [0.29, 0.717) is 23.6 Å². The highest BCUT2D eigenvalue weighted by Gasteiger charge is 2.08. The SMILES string of the molecule is COc1ccc(/C=N/NC(=O)c2cccc(Cn3nc(C)cc3C)c2)cc1OC. The third-order valence-corrected chi connectivity index (χ3v) is 4.41. The molecule has 7 nitrogen and oxygen atoms in total. The van der Waals surface area contributed by atoms with Gasteiger partial charge in [-0.05, 0) is 61.4 Å². The first-order chi connectivity index (χ1) is 14.0. The average molecular weight is 392 g/mol. The quantitative estimate of drug-likeness (QED) is 0.494. The van der Waals surface area contributed by atoms with Gasteiger partial charge in [0.1, 0.15) is 0 Å². The number of amides is 1. The van der Waals surface area contributed by atoms with Crippen LogP contribution in [0.4, 0.5) is 0 Å². The Kier molecular flexibility index (Phi) is 6.29. The number of aromatic nitrogens is 2. The molecule has 0 radical (unpaired) electrons. The Bertz CT molecular complexity index is 1040. The number of nitrogens with one attached hydrogen (secondary N) is 1. The minimum Gasteiger partial charge on any atom is -0.493 e. The topological polar surface area (TPSA) is 77.7 Å². The van der Waals surface area contributed by atoms with Crippen molar-refractivity contribution >= 4 is 12.1 Å². The number of hydrogen-bond donors (Lipinski definition) is 1. The van der Waals surface area contributed by atoms with Crippen molar-refractivity contribution in [2.45, 2.75) is 20.4 Å². The van der Waals surface area contributed by atoms with Crippen molar-refractivity contribution in [3.8, 4) is 11.5 Å². The summed E-state index contributed by atoms with van der Waals surface area (Å²) in [5.74, 6) is 0.949. The van der Waals surface area contributed by atoms with Crippen LogP contribution in [0.1, 0.15) is 32.9 Å². The van der Waals surface area contributed by atoms with E-state index in [0.717, 1.165) is 22.5 Å². The number of carbonyl (C=O) groups excluding carboxylic acids is 1. The first-order valence-electron chi connectivity index (χ1n) is 9.15. The van der Waals surface area contributed by atoms with Gasteiger partial charge in [0.05, 0.1) is 32.7 Å². The third kappa shape index (κ3) is 5.01. The fraction of sp³-hybridized carbons (Fsp3) is 0.227. The van der Waals surface area contributed by atoms with E-state index in [1.54, 1.807) is 38.6 Å². The minimum absolute atomic E-state index is 0.281. The summed E-state index contributed by atoms with van der Waals surface area (Å²) >= 11 is 0. The average Bonchev–Trinajstić information content (AvgIpc) is 3.04. The molecule has 1 heterocycles. The van der Waals surface area contributed by atoms with Crippen LogP contribution >= 0.6 is 0 Å². The van der Waals surface area contributed by atoms with Crippen LogP contribution in [-0.4, -0.2) is 36.1 Å². The molecule has 0 bridgehead atoms. The molecule has 1 aromatic heterocycles. The minimum atomic E-state index is -0.281. The molecule has 0 fully saturated rings. The number of rotatable bonds is 7. The first-order valence-corrected chi connectivity index (χ1v) is 9.15. The maximum absolute atomic E-state index is 12.4. The van der Waals surface area contributed by atoms with Crippen LogP contribution in [0, 0.1) is 13.8 Å². The Balaban J connectivity index is 1.66. The Labute approximate surface area is 170 Å². The first kappa shape index (κ1) is 20.1. The highest BCUT2D eigenvalue weighted by molar-refractivity contribution is 5.95. The van der Waals surface area contributed by atoms with E-state index in [1.165, 1.54) is 0 Å². The number of nitrogens with zero attached hydrogens (tertiary/aromatic N) is 3. The summed E-state index contributed by atoms with van der Waals surface area (Å²) < 4.78 is 12.4. The van der Waals surface area contributed by atoms with Gasteiger partial charge in [0.15, 0.2) is 11.5 Å². The molecule has 1 amide bonds. The fourth-order valence-electron chi connectivity index (χ4n) is 2.98. The summed E-state index contributed by atoms with van der Waals surface area (Å²) in [4.78, 5) is 12.4. The lowest BCUT2D eigenvalue weighted by Crippen LogP contribution is -2.18. The molecule has 29 heavy (non-hydrogen) atoms. The molecule has 0 aliphatic rings. The Morgan fingerprint density at radius 3 is 2.59 bits per heavy atom. The molecule has 2 aromatic carbocycles. The van der Waals surface area contributed by atoms with Gasteiger partial charge in [-0.25, -0.2) is 5.43 Å². The predicted molar refractivity (Wildman–Crippen MR) is 112 cm³/mol. The second-order valence-corrected chi connectivity index (χ2v) is 6.60. The van der Waals surface area contributed by atoms with E-state index < -0.39 is 0 Å². The van der Waals surface area contributed by atoms with Crippen molar-refractivity contribution in [1.82, 2.24) is 15.2 Å². The van der Waals surface area contributed by atoms with Gasteiger partial charge in [-0.15, -0.1) is 0 Å². The maximum Gasteiger partial charge on any atom is 0.271 e. The summed E-state index contributed by atoms with van der Waals surface area (Å²) in [6, 6.07) is 14.8. The number of ether oxygens (including phenoxy) is 2. The van der Waals surface area contributed by atoms with Crippen molar-refractivity contribution in [3.63, 3.8) is 0 Å². The van der Waals surface area contributed by atoms with Crippen molar-refractivity contribution < 1.29 is 14.3 Å². The van der Waals surface area contributed by atoms with Crippen LogP contribution in [0.2, 0.25) is 0 Å². The Morgan fingerprint density at radius 1 is 1.10 bits per heavy atom. The van der Waals surface area contributed by atoms with Crippen molar-refractivity contribution in [3.05, 3.63) is 76.6 Å². The molecule has 0 spiro atoms. The number of hydrogen-bond acceptors (Lipinski definition) is 5. The second kappa shape index (κ2) is 9.05. The van der Waals surface area contributed by atoms with Gasteiger partial charge in [0.25, 0.3) is 5.91 Å². The Hall–Kier alpha value is -3.61. The molecule has 7 heteroatoms. The van der Waals surface area contributed by atoms with Gasteiger partial charge in [-0.2, -0.15) is 10.2 Å². The summed E-state index contributed by atoms with van der Waals surface area (Å²) in [7, 11) is 3.15. The number of methoxy groups -OCH3 is 2. The van der Waals surface area contributed by atoms with Crippen LogP contribution in [0.25, 0.3) is 0 Å². The van der Waals surface area contributed by atoms with E-state index in [9.17, 15) is 4.79 Å². The standard InChI is InChI=1S/C22H24N4O3/c1-15-10-16(2)26(25-15)14-18-6-5-7-19(11-18)22(27)24-23-13-17-8-9-20(28-3)21(12-17)29-4/h5-13H,14H2,1-4H3,(H,24,27)/b23-13+. The molecule has 0 aliphatic heterocycles. The highest BCUT2D eigenvalue weighted by Crippen LogP contribution is 2.26. The lowest BCUT2D eigenvalue weighted by atomic mass is 10.1. The zero-order valence-electron chi connectivity index (χ0n) is 17.0.